The van der Waals surface area contributed by atoms with Gasteiger partial charge in [-0.15, -0.1) is 0 Å². The Balaban J connectivity index is 1.16. The Hall–Kier alpha value is -6.77. The second-order valence-electron chi connectivity index (χ2n) is 13.1. The average Bonchev–Trinajstić information content (AvgIpc) is 3.60. The van der Waals surface area contributed by atoms with E-state index in [1.165, 1.54) is 65.7 Å². The maximum absolute atomic E-state index is 5.18. The third kappa shape index (κ3) is 4.84. The molecule has 2 heteroatoms. The molecule has 0 N–H and O–H groups in total. The summed E-state index contributed by atoms with van der Waals surface area (Å²) in [7, 11) is 0. The Labute approximate surface area is 296 Å². The number of nitrogens with zero attached hydrogens (tertiary/aromatic N) is 2. The number of aromatic nitrogens is 2. The van der Waals surface area contributed by atoms with Crippen LogP contribution in [-0.2, 0) is 0 Å². The van der Waals surface area contributed by atoms with Crippen molar-refractivity contribution in [3.8, 4) is 50.5 Å². The lowest BCUT2D eigenvalue weighted by atomic mass is 9.85. The molecule has 0 aliphatic carbocycles. The van der Waals surface area contributed by atoms with Crippen molar-refractivity contribution in [1.82, 2.24) is 9.55 Å². The van der Waals surface area contributed by atoms with Crippen molar-refractivity contribution in [2.75, 3.05) is 0 Å². The standard InChI is InChI=1S/C49H32N2/c1-2-14-33(15-3-1)36-18-12-19-37(32-36)49-50-45-26-10-11-27-46(45)51(49)38-30-28-35(29-31-38)47-41-21-6-8-23-43(41)48(44-24-9-7-22-42(44)47)40-25-13-17-34-16-4-5-20-39(34)40/h1-32H. The van der Waals surface area contributed by atoms with Gasteiger partial charge in [-0.25, -0.2) is 4.98 Å². The first-order chi connectivity index (χ1) is 25.3. The molecule has 1 heterocycles. The molecule has 0 radical (unpaired) electrons. The molecule has 238 valence electrons. The van der Waals surface area contributed by atoms with Crippen LogP contribution in [0.1, 0.15) is 0 Å². The van der Waals surface area contributed by atoms with Crippen molar-refractivity contribution in [2.45, 2.75) is 0 Å². The molecule has 0 bridgehead atoms. The van der Waals surface area contributed by atoms with Gasteiger partial charge in [-0.05, 0) is 96.0 Å². The van der Waals surface area contributed by atoms with E-state index in [9.17, 15) is 0 Å². The number of hydrogen-bond donors (Lipinski definition) is 0. The van der Waals surface area contributed by atoms with Crippen molar-refractivity contribution in [3.63, 3.8) is 0 Å². The summed E-state index contributed by atoms with van der Waals surface area (Å²) in [5, 5.41) is 7.53. The molecule has 0 fully saturated rings. The monoisotopic (exact) mass is 648 g/mol. The van der Waals surface area contributed by atoms with Gasteiger partial charge in [0.2, 0.25) is 0 Å². The SMILES string of the molecule is c1ccc(-c2cccc(-c3nc4ccccc4n3-c3ccc(-c4c5ccccc5c(-c5cccc6ccccc56)c5ccccc45)cc3)c2)cc1. The largest absolute Gasteiger partial charge is 0.292 e. The molecular weight excluding hydrogens is 617 g/mol. The van der Waals surface area contributed by atoms with Crippen LogP contribution in [0.15, 0.2) is 194 Å². The molecule has 9 aromatic carbocycles. The van der Waals surface area contributed by atoms with E-state index in [2.05, 4.69) is 199 Å². The summed E-state index contributed by atoms with van der Waals surface area (Å²) in [6.45, 7) is 0. The molecule has 0 spiro atoms. The van der Waals surface area contributed by atoms with E-state index in [0.29, 0.717) is 0 Å². The zero-order valence-corrected chi connectivity index (χ0v) is 27.9. The predicted octanol–water partition coefficient (Wildman–Crippen LogP) is 13.2. The number of benzene rings is 9. The number of para-hydroxylation sites is 2. The molecule has 51 heavy (non-hydrogen) atoms. The summed E-state index contributed by atoms with van der Waals surface area (Å²) < 4.78 is 2.29. The molecule has 10 rings (SSSR count). The molecule has 0 saturated heterocycles. The van der Waals surface area contributed by atoms with E-state index >= 15 is 0 Å². The van der Waals surface area contributed by atoms with Crippen LogP contribution in [0, 0.1) is 0 Å². The Bertz CT molecular complexity index is 2840. The zero-order chi connectivity index (χ0) is 33.7. The van der Waals surface area contributed by atoms with Gasteiger partial charge in [-0.1, -0.05) is 164 Å². The van der Waals surface area contributed by atoms with Crippen LogP contribution in [0.25, 0.3) is 93.8 Å². The van der Waals surface area contributed by atoms with Gasteiger partial charge < -0.3 is 0 Å². The van der Waals surface area contributed by atoms with E-state index in [-0.39, 0.29) is 0 Å². The van der Waals surface area contributed by atoms with E-state index in [0.717, 1.165) is 28.1 Å². The number of fused-ring (bicyclic) bond motifs is 4. The second kappa shape index (κ2) is 12.0. The Morgan fingerprint density at radius 3 is 1.65 bits per heavy atom. The van der Waals surface area contributed by atoms with Crippen LogP contribution in [0.4, 0.5) is 0 Å². The summed E-state index contributed by atoms with van der Waals surface area (Å²) in [4.78, 5) is 5.18. The van der Waals surface area contributed by atoms with Crippen LogP contribution < -0.4 is 0 Å². The molecule has 0 aliphatic rings. The van der Waals surface area contributed by atoms with Crippen LogP contribution in [-0.4, -0.2) is 9.55 Å². The van der Waals surface area contributed by atoms with Crippen LogP contribution in [0.2, 0.25) is 0 Å². The molecule has 0 amide bonds. The summed E-state index contributed by atoms with van der Waals surface area (Å²) in [6, 6.07) is 69.8. The third-order valence-electron chi connectivity index (χ3n) is 10.2. The Morgan fingerprint density at radius 2 is 0.902 bits per heavy atom. The number of rotatable bonds is 5. The van der Waals surface area contributed by atoms with E-state index in [4.69, 9.17) is 4.98 Å². The minimum absolute atomic E-state index is 0.928. The van der Waals surface area contributed by atoms with Gasteiger partial charge in [0.15, 0.2) is 0 Å². The fraction of sp³-hybridized carbons (Fsp3) is 0. The summed E-state index contributed by atoms with van der Waals surface area (Å²) in [5.74, 6) is 0.928. The fourth-order valence-electron chi connectivity index (χ4n) is 7.90. The minimum atomic E-state index is 0.928. The maximum Gasteiger partial charge on any atom is 0.145 e. The van der Waals surface area contributed by atoms with Crippen LogP contribution in [0.5, 0.6) is 0 Å². The van der Waals surface area contributed by atoms with E-state index < -0.39 is 0 Å². The molecular formula is C49H32N2. The highest BCUT2D eigenvalue weighted by Gasteiger charge is 2.19. The normalized spacial score (nSPS) is 11.5. The van der Waals surface area contributed by atoms with Gasteiger partial charge in [-0.2, -0.15) is 0 Å². The lowest BCUT2D eigenvalue weighted by molar-refractivity contribution is 1.10. The average molecular weight is 649 g/mol. The predicted molar refractivity (Wildman–Crippen MR) is 215 cm³/mol. The van der Waals surface area contributed by atoms with Gasteiger partial charge in [0.1, 0.15) is 5.82 Å². The third-order valence-corrected chi connectivity index (χ3v) is 10.2. The van der Waals surface area contributed by atoms with Crippen molar-refractivity contribution in [3.05, 3.63) is 194 Å². The highest BCUT2D eigenvalue weighted by molar-refractivity contribution is 6.23. The number of imidazole rings is 1. The fourth-order valence-corrected chi connectivity index (χ4v) is 7.90. The summed E-state index contributed by atoms with van der Waals surface area (Å²) in [5.41, 5.74) is 11.6. The highest BCUT2D eigenvalue weighted by Crippen LogP contribution is 2.45. The Kier molecular flexibility index (Phi) is 6.85. The van der Waals surface area contributed by atoms with Gasteiger partial charge in [0.05, 0.1) is 11.0 Å². The van der Waals surface area contributed by atoms with Crippen molar-refractivity contribution < 1.29 is 0 Å². The molecule has 0 aliphatic heterocycles. The first-order valence-electron chi connectivity index (χ1n) is 17.5. The number of hydrogen-bond acceptors (Lipinski definition) is 1. The first kappa shape index (κ1) is 29.2. The molecule has 0 atom stereocenters. The lowest BCUT2D eigenvalue weighted by Gasteiger charge is -2.19. The smallest absolute Gasteiger partial charge is 0.145 e. The quantitative estimate of drug-likeness (QED) is 0.170. The van der Waals surface area contributed by atoms with E-state index in [1.807, 2.05) is 0 Å². The van der Waals surface area contributed by atoms with Crippen molar-refractivity contribution in [2.24, 2.45) is 0 Å². The topological polar surface area (TPSA) is 17.8 Å². The van der Waals surface area contributed by atoms with E-state index in [1.54, 1.807) is 0 Å². The summed E-state index contributed by atoms with van der Waals surface area (Å²) in [6.07, 6.45) is 0. The molecule has 10 aromatic rings. The molecule has 1 aromatic heterocycles. The highest BCUT2D eigenvalue weighted by atomic mass is 15.1. The summed E-state index contributed by atoms with van der Waals surface area (Å²) >= 11 is 0. The van der Waals surface area contributed by atoms with Crippen LogP contribution >= 0.6 is 0 Å². The van der Waals surface area contributed by atoms with Gasteiger partial charge >= 0.3 is 0 Å². The molecule has 0 saturated carbocycles. The van der Waals surface area contributed by atoms with Crippen molar-refractivity contribution >= 4 is 43.4 Å². The zero-order valence-electron chi connectivity index (χ0n) is 27.9. The van der Waals surface area contributed by atoms with Crippen molar-refractivity contribution in [1.29, 1.82) is 0 Å². The lowest BCUT2D eigenvalue weighted by Crippen LogP contribution is -1.98. The second-order valence-corrected chi connectivity index (χ2v) is 13.1. The minimum Gasteiger partial charge on any atom is -0.292 e. The molecule has 0 unspecified atom stereocenters. The van der Waals surface area contributed by atoms with Crippen LogP contribution in [0.3, 0.4) is 0 Å². The van der Waals surface area contributed by atoms with Gasteiger partial charge in [-0.3, -0.25) is 4.57 Å². The van der Waals surface area contributed by atoms with Gasteiger partial charge in [0, 0.05) is 11.3 Å². The maximum atomic E-state index is 5.18. The van der Waals surface area contributed by atoms with Gasteiger partial charge in [0.25, 0.3) is 0 Å². The Morgan fingerprint density at radius 1 is 0.353 bits per heavy atom. The molecule has 2 nitrogen and oxygen atoms in total. The first-order valence-corrected chi connectivity index (χ1v) is 17.5.